The minimum Gasteiger partial charge on any atom is -0.382 e. The van der Waals surface area contributed by atoms with E-state index in [1.807, 2.05) is 42.6 Å². The Kier molecular flexibility index (Phi) is 6.46. The van der Waals surface area contributed by atoms with Gasteiger partial charge >= 0.3 is 0 Å². The molecule has 0 saturated carbocycles. The molecule has 0 aliphatic carbocycles. The lowest BCUT2D eigenvalue weighted by Gasteiger charge is -2.06. The van der Waals surface area contributed by atoms with E-state index in [2.05, 4.69) is 10.1 Å². The van der Waals surface area contributed by atoms with Crippen molar-refractivity contribution in [2.75, 3.05) is 13.7 Å². The summed E-state index contributed by atoms with van der Waals surface area (Å²) >= 11 is 1.46. The molecule has 0 unspecified atom stereocenters. The topological polar surface area (TPSA) is 82.0 Å². The molecular weight excluding hydrogens is 376 g/mol. The van der Waals surface area contributed by atoms with E-state index in [1.165, 1.54) is 23.6 Å². The van der Waals surface area contributed by atoms with Crippen LogP contribution in [-0.4, -0.2) is 35.6 Å². The van der Waals surface area contributed by atoms with E-state index < -0.39 is 4.92 Å². The summed E-state index contributed by atoms with van der Waals surface area (Å²) in [5.41, 5.74) is 2.29. The monoisotopic (exact) mass is 396 g/mol. The maximum absolute atomic E-state index is 11.3. The summed E-state index contributed by atoms with van der Waals surface area (Å²) in [4.78, 5) is 16.2. The summed E-state index contributed by atoms with van der Waals surface area (Å²) in [6.45, 7) is 2.45. The van der Waals surface area contributed by atoms with E-state index in [4.69, 9.17) is 4.74 Å². The number of rotatable bonds is 7. The largest absolute Gasteiger partial charge is 0.382 e. The van der Waals surface area contributed by atoms with Gasteiger partial charge in [-0.25, -0.2) is 4.68 Å². The quantitative estimate of drug-likeness (QED) is 0.344. The molecule has 7 nitrogen and oxygen atoms in total. The molecular formula is C20H20N4O3S. The first-order chi connectivity index (χ1) is 13.6. The highest BCUT2D eigenvalue weighted by Crippen LogP contribution is 2.20. The van der Waals surface area contributed by atoms with Gasteiger partial charge in [-0.15, -0.1) is 11.3 Å². The summed E-state index contributed by atoms with van der Waals surface area (Å²) in [6, 6.07) is 16.3. The van der Waals surface area contributed by atoms with Crippen molar-refractivity contribution in [3.8, 4) is 11.3 Å². The maximum atomic E-state index is 11.3. The number of benzene rings is 2. The normalized spacial score (nSPS) is 13.1. The molecule has 1 atom stereocenters. The number of thiazole rings is 1. The first-order valence-corrected chi connectivity index (χ1v) is 9.54. The molecule has 3 rings (SSSR count). The van der Waals surface area contributed by atoms with Crippen molar-refractivity contribution in [1.82, 2.24) is 4.68 Å². The van der Waals surface area contributed by atoms with Crippen LogP contribution in [0.15, 0.2) is 70.1 Å². The number of aromatic nitrogens is 1. The molecule has 0 saturated heterocycles. The summed E-state index contributed by atoms with van der Waals surface area (Å²) in [7, 11) is 1.64. The zero-order chi connectivity index (χ0) is 19.9. The number of nitro groups is 1. The van der Waals surface area contributed by atoms with Gasteiger partial charge < -0.3 is 4.74 Å². The molecule has 144 valence electrons. The van der Waals surface area contributed by atoms with Gasteiger partial charge in [-0.1, -0.05) is 42.5 Å². The van der Waals surface area contributed by atoms with Crippen molar-refractivity contribution in [1.29, 1.82) is 0 Å². The molecule has 8 heteroatoms. The summed E-state index contributed by atoms with van der Waals surface area (Å²) in [5.74, 6) is 0. The molecule has 2 aromatic carbocycles. The van der Waals surface area contributed by atoms with Crippen molar-refractivity contribution in [2.45, 2.75) is 13.0 Å². The third-order valence-corrected chi connectivity index (χ3v) is 4.77. The highest BCUT2D eigenvalue weighted by Gasteiger charge is 2.12. The Morgan fingerprint density at radius 2 is 1.93 bits per heavy atom. The van der Waals surface area contributed by atoms with Gasteiger partial charge in [-0.3, -0.25) is 15.1 Å². The number of nitro benzene ring substituents is 1. The molecule has 0 bridgehead atoms. The number of nitrogens with zero attached hydrogens (tertiary/aromatic N) is 4. The van der Waals surface area contributed by atoms with Crippen LogP contribution in [0, 0.1) is 10.1 Å². The Bertz CT molecular complexity index is 1040. The SMILES string of the molecule is COC[C@@H](C)N=c1scc(-c2ccccc2)n1/N=C\c1ccccc1[N+](=O)[O-]. The summed E-state index contributed by atoms with van der Waals surface area (Å²) in [6.07, 6.45) is 1.50. The highest BCUT2D eigenvalue weighted by atomic mass is 32.1. The third-order valence-electron chi connectivity index (χ3n) is 3.94. The predicted molar refractivity (Wildman–Crippen MR) is 111 cm³/mol. The highest BCUT2D eigenvalue weighted by molar-refractivity contribution is 7.07. The van der Waals surface area contributed by atoms with Crippen LogP contribution in [0.4, 0.5) is 5.69 Å². The molecule has 0 fully saturated rings. The van der Waals surface area contributed by atoms with E-state index in [1.54, 1.807) is 30.0 Å². The Hall–Kier alpha value is -3.10. The average molecular weight is 396 g/mol. The van der Waals surface area contributed by atoms with Crippen LogP contribution in [0.5, 0.6) is 0 Å². The lowest BCUT2D eigenvalue weighted by molar-refractivity contribution is -0.385. The molecule has 0 aliphatic rings. The zero-order valence-electron chi connectivity index (χ0n) is 15.6. The number of para-hydroxylation sites is 1. The first kappa shape index (κ1) is 19.7. The van der Waals surface area contributed by atoms with Crippen molar-refractivity contribution in [3.63, 3.8) is 0 Å². The van der Waals surface area contributed by atoms with Crippen LogP contribution in [-0.2, 0) is 4.74 Å². The fourth-order valence-corrected chi connectivity index (χ4v) is 3.60. The molecule has 0 radical (unpaired) electrons. The van der Waals surface area contributed by atoms with Crippen LogP contribution >= 0.6 is 11.3 Å². The van der Waals surface area contributed by atoms with Gasteiger partial charge in [0, 0.05) is 24.1 Å². The van der Waals surface area contributed by atoms with Crippen LogP contribution < -0.4 is 4.80 Å². The zero-order valence-corrected chi connectivity index (χ0v) is 16.4. The van der Waals surface area contributed by atoms with Crippen molar-refractivity contribution in [3.05, 3.63) is 80.5 Å². The summed E-state index contributed by atoms with van der Waals surface area (Å²) in [5, 5.41) is 17.8. The molecule has 0 spiro atoms. The van der Waals surface area contributed by atoms with Crippen molar-refractivity contribution >= 4 is 23.2 Å². The molecule has 3 aromatic rings. The first-order valence-electron chi connectivity index (χ1n) is 8.66. The smallest absolute Gasteiger partial charge is 0.278 e. The Labute approximate surface area is 166 Å². The number of hydrogen-bond acceptors (Lipinski definition) is 6. The predicted octanol–water partition coefficient (Wildman–Crippen LogP) is 3.94. The Morgan fingerprint density at radius 3 is 2.64 bits per heavy atom. The van der Waals surface area contributed by atoms with E-state index in [-0.39, 0.29) is 11.7 Å². The molecule has 1 heterocycles. The van der Waals surface area contributed by atoms with Gasteiger partial charge in [-0.2, -0.15) is 5.10 Å². The van der Waals surface area contributed by atoms with Crippen LogP contribution in [0.2, 0.25) is 0 Å². The van der Waals surface area contributed by atoms with Gasteiger partial charge in [-0.05, 0) is 13.0 Å². The van der Waals surface area contributed by atoms with Crippen molar-refractivity contribution < 1.29 is 9.66 Å². The van der Waals surface area contributed by atoms with Gasteiger partial charge in [0.25, 0.3) is 5.69 Å². The van der Waals surface area contributed by atoms with Gasteiger partial charge in [0.2, 0.25) is 4.80 Å². The maximum Gasteiger partial charge on any atom is 0.278 e. The standard InChI is InChI=1S/C20H20N4O3S/c1-15(13-27-2)22-20-23(19(14-28-20)16-8-4-3-5-9-16)21-12-17-10-6-7-11-18(17)24(25)26/h3-12,14-15H,13H2,1-2H3/b21-12-,22-20?/t15-/m1/s1. The van der Waals surface area contributed by atoms with E-state index in [0.29, 0.717) is 17.0 Å². The minimum atomic E-state index is -0.413. The fourth-order valence-electron chi connectivity index (χ4n) is 2.66. The lowest BCUT2D eigenvalue weighted by atomic mass is 10.2. The van der Waals surface area contributed by atoms with Gasteiger partial charge in [0.05, 0.1) is 35.0 Å². The van der Waals surface area contributed by atoms with Gasteiger partial charge in [0.15, 0.2) is 0 Å². The van der Waals surface area contributed by atoms with E-state index >= 15 is 0 Å². The minimum absolute atomic E-state index is 0.00887. The third kappa shape index (κ3) is 4.59. The fraction of sp³-hybridized carbons (Fsp3) is 0.200. The van der Waals surface area contributed by atoms with E-state index in [0.717, 1.165) is 11.3 Å². The van der Waals surface area contributed by atoms with Crippen LogP contribution in [0.25, 0.3) is 11.3 Å². The Morgan fingerprint density at radius 1 is 1.21 bits per heavy atom. The summed E-state index contributed by atoms with van der Waals surface area (Å²) < 4.78 is 6.88. The van der Waals surface area contributed by atoms with Gasteiger partial charge in [0.1, 0.15) is 0 Å². The number of hydrogen-bond donors (Lipinski definition) is 0. The molecule has 0 amide bonds. The average Bonchev–Trinajstić information content (AvgIpc) is 3.09. The van der Waals surface area contributed by atoms with Crippen LogP contribution in [0.3, 0.4) is 0 Å². The van der Waals surface area contributed by atoms with Crippen molar-refractivity contribution in [2.24, 2.45) is 10.1 Å². The number of ether oxygens (including phenoxy) is 1. The number of methoxy groups -OCH3 is 1. The lowest BCUT2D eigenvalue weighted by Crippen LogP contribution is -2.18. The second-order valence-corrected chi connectivity index (χ2v) is 6.91. The molecule has 28 heavy (non-hydrogen) atoms. The molecule has 1 aromatic heterocycles. The van der Waals surface area contributed by atoms with Crippen LogP contribution in [0.1, 0.15) is 12.5 Å². The van der Waals surface area contributed by atoms with E-state index in [9.17, 15) is 10.1 Å². The second kappa shape index (κ2) is 9.20. The Balaban J connectivity index is 2.10. The molecule has 0 aliphatic heterocycles. The second-order valence-electron chi connectivity index (χ2n) is 6.08. The molecule has 0 N–H and O–H groups in total.